The third-order valence-electron chi connectivity index (χ3n) is 1.93. The molecule has 0 aliphatic carbocycles. The summed E-state index contributed by atoms with van der Waals surface area (Å²) in [6, 6.07) is 0.554. The van der Waals surface area contributed by atoms with Gasteiger partial charge >= 0.3 is 14.8 Å². The van der Waals surface area contributed by atoms with Gasteiger partial charge in [0, 0.05) is 34.3 Å². The van der Waals surface area contributed by atoms with Crippen molar-refractivity contribution >= 4 is 27.4 Å². The van der Waals surface area contributed by atoms with Crippen molar-refractivity contribution < 1.29 is 22.8 Å². The molecule has 7 heteroatoms. The van der Waals surface area contributed by atoms with E-state index in [1.165, 1.54) is 6.92 Å². The van der Waals surface area contributed by atoms with Gasteiger partial charge in [-0.05, 0) is 6.42 Å². The predicted octanol–water partition coefficient (Wildman–Crippen LogP) is 1.07. The van der Waals surface area contributed by atoms with Crippen LogP contribution in [0.3, 0.4) is 0 Å². The normalized spacial score (nSPS) is 13.7. The molecule has 1 atom stereocenters. The number of hydrogen-bond donors (Lipinski definition) is 1. The van der Waals surface area contributed by atoms with E-state index in [1.54, 1.807) is 21.3 Å². The van der Waals surface area contributed by atoms with E-state index in [9.17, 15) is 4.79 Å². The summed E-state index contributed by atoms with van der Waals surface area (Å²) < 4.78 is 20.5. The maximum Gasteiger partial charge on any atom is 0.500 e. The van der Waals surface area contributed by atoms with E-state index in [0.717, 1.165) is 0 Å². The number of rotatable bonds is 7. The highest BCUT2D eigenvalue weighted by Gasteiger charge is 2.38. The summed E-state index contributed by atoms with van der Waals surface area (Å²) in [7, 11) is 2.05. The topological polar surface area (TPSA) is 54.0 Å². The molecule has 0 N–H and O–H groups in total. The number of esters is 1. The van der Waals surface area contributed by atoms with Gasteiger partial charge in [0.15, 0.2) is 0 Å². The summed E-state index contributed by atoms with van der Waals surface area (Å²) in [4.78, 5) is 10.6. The minimum Gasteiger partial charge on any atom is -0.452 e. The third-order valence-corrected chi connectivity index (χ3v) is 5.06. The van der Waals surface area contributed by atoms with E-state index in [2.05, 4.69) is 12.6 Å². The van der Waals surface area contributed by atoms with Crippen molar-refractivity contribution in [3.63, 3.8) is 0 Å². The molecular formula is C8H18O5SSi. The Kier molecular flexibility index (Phi) is 7.19. The van der Waals surface area contributed by atoms with E-state index >= 15 is 0 Å². The molecule has 0 radical (unpaired) electrons. The number of thiol groups is 1. The highest BCUT2D eigenvalue weighted by Crippen LogP contribution is 2.19. The minimum atomic E-state index is -2.57. The van der Waals surface area contributed by atoms with E-state index in [1.807, 2.05) is 0 Å². The lowest BCUT2D eigenvalue weighted by molar-refractivity contribution is -0.142. The van der Waals surface area contributed by atoms with Crippen LogP contribution in [0.5, 0.6) is 0 Å². The average Bonchev–Trinajstić information content (AvgIpc) is 2.20. The third kappa shape index (κ3) is 5.52. The van der Waals surface area contributed by atoms with Crippen molar-refractivity contribution in [3.8, 4) is 0 Å². The summed E-state index contributed by atoms with van der Waals surface area (Å²) in [6.45, 7) is 1.34. The van der Waals surface area contributed by atoms with Crippen LogP contribution in [0.25, 0.3) is 0 Å². The molecule has 0 heterocycles. The molecule has 5 nitrogen and oxygen atoms in total. The molecule has 90 valence electrons. The highest BCUT2D eigenvalue weighted by atomic mass is 32.1. The number of ether oxygens (including phenoxy) is 1. The SMILES string of the molecule is CO[Si](CCC(S)OC(C)=O)(OC)OC. The maximum absolute atomic E-state index is 10.6. The Balaban J connectivity index is 4.04. The highest BCUT2D eigenvalue weighted by molar-refractivity contribution is 7.80. The Bertz CT molecular complexity index is 189. The largest absolute Gasteiger partial charge is 0.500 e. The van der Waals surface area contributed by atoms with Gasteiger partial charge in [-0.1, -0.05) is 0 Å². The summed E-state index contributed by atoms with van der Waals surface area (Å²) in [5, 5.41) is 0. The first-order valence-corrected chi connectivity index (χ1v) is 6.95. The molecule has 0 saturated heterocycles. The molecule has 1 unspecified atom stereocenters. The fraction of sp³-hybridized carbons (Fsp3) is 0.875. The molecule has 0 aromatic heterocycles. The van der Waals surface area contributed by atoms with Crippen LogP contribution in [0, 0.1) is 0 Å². The van der Waals surface area contributed by atoms with Crippen molar-refractivity contribution in [1.29, 1.82) is 0 Å². The molecule has 0 amide bonds. The van der Waals surface area contributed by atoms with Crippen LogP contribution in [0.15, 0.2) is 0 Å². The molecule has 15 heavy (non-hydrogen) atoms. The van der Waals surface area contributed by atoms with Crippen LogP contribution in [-0.2, 0) is 22.8 Å². The van der Waals surface area contributed by atoms with E-state index in [4.69, 9.17) is 18.0 Å². The van der Waals surface area contributed by atoms with Gasteiger partial charge in [-0.2, -0.15) is 0 Å². The molecule has 0 aliphatic heterocycles. The van der Waals surface area contributed by atoms with Crippen LogP contribution < -0.4 is 0 Å². The van der Waals surface area contributed by atoms with Crippen molar-refractivity contribution in [3.05, 3.63) is 0 Å². The van der Waals surface area contributed by atoms with E-state index < -0.39 is 14.2 Å². The number of hydrogen-bond acceptors (Lipinski definition) is 6. The summed E-state index contributed by atoms with van der Waals surface area (Å²) in [6.07, 6.45) is 0.532. The van der Waals surface area contributed by atoms with Crippen molar-refractivity contribution in [2.24, 2.45) is 0 Å². The van der Waals surface area contributed by atoms with Crippen LogP contribution in [0.4, 0.5) is 0 Å². The average molecular weight is 254 g/mol. The maximum atomic E-state index is 10.6. The van der Waals surface area contributed by atoms with Gasteiger partial charge in [0.2, 0.25) is 0 Å². The van der Waals surface area contributed by atoms with Crippen LogP contribution in [-0.4, -0.2) is 41.5 Å². The lowest BCUT2D eigenvalue weighted by atomic mass is 10.5. The Hall–Kier alpha value is -0.0831. The number of carbonyl (C=O) groups is 1. The smallest absolute Gasteiger partial charge is 0.452 e. The van der Waals surface area contributed by atoms with Gasteiger partial charge in [0.05, 0.1) is 0 Å². The second kappa shape index (κ2) is 7.23. The second-order valence-corrected chi connectivity index (χ2v) is 6.56. The van der Waals surface area contributed by atoms with Gasteiger partial charge < -0.3 is 18.0 Å². The first kappa shape index (κ1) is 14.9. The van der Waals surface area contributed by atoms with Gasteiger partial charge in [0.25, 0.3) is 0 Å². The fourth-order valence-electron chi connectivity index (χ4n) is 1.11. The van der Waals surface area contributed by atoms with Gasteiger partial charge in [-0.3, -0.25) is 4.79 Å². The van der Waals surface area contributed by atoms with Crippen LogP contribution in [0.2, 0.25) is 6.04 Å². The fourth-order valence-corrected chi connectivity index (χ4v) is 3.36. The molecule has 0 spiro atoms. The zero-order valence-electron chi connectivity index (χ0n) is 9.48. The number of carbonyl (C=O) groups excluding carboxylic acids is 1. The minimum absolute atomic E-state index is 0.352. The molecule has 0 aromatic carbocycles. The molecule has 0 saturated carbocycles. The Labute approximate surface area is 96.8 Å². The zero-order valence-corrected chi connectivity index (χ0v) is 11.4. The predicted molar refractivity (Wildman–Crippen MR) is 60.7 cm³/mol. The van der Waals surface area contributed by atoms with E-state index in [0.29, 0.717) is 12.5 Å². The monoisotopic (exact) mass is 254 g/mol. The first-order valence-electron chi connectivity index (χ1n) is 4.50. The lowest BCUT2D eigenvalue weighted by Gasteiger charge is -2.25. The molecule has 0 aliphatic rings. The van der Waals surface area contributed by atoms with Crippen LogP contribution >= 0.6 is 12.6 Å². The van der Waals surface area contributed by atoms with Crippen molar-refractivity contribution in [2.45, 2.75) is 24.8 Å². The van der Waals surface area contributed by atoms with Gasteiger partial charge in [-0.25, -0.2) is 0 Å². The Morgan fingerprint density at radius 1 is 1.27 bits per heavy atom. The molecular weight excluding hydrogens is 236 g/mol. The molecule has 0 fully saturated rings. The standard InChI is InChI=1S/C8H18O5SSi/c1-7(9)13-8(14)5-6-15(10-2,11-3)12-4/h8,14H,5-6H2,1-4H3. The Morgan fingerprint density at radius 3 is 2.07 bits per heavy atom. The summed E-state index contributed by atoms with van der Waals surface area (Å²) in [5.41, 5.74) is -0.449. The molecule has 0 rings (SSSR count). The van der Waals surface area contributed by atoms with E-state index in [-0.39, 0.29) is 5.97 Å². The van der Waals surface area contributed by atoms with Crippen LogP contribution in [0.1, 0.15) is 13.3 Å². The van der Waals surface area contributed by atoms with Gasteiger partial charge in [-0.15, -0.1) is 12.6 Å². The lowest BCUT2D eigenvalue weighted by Crippen LogP contribution is -2.43. The molecule has 0 bridgehead atoms. The Morgan fingerprint density at radius 2 is 1.73 bits per heavy atom. The summed E-state index contributed by atoms with van der Waals surface area (Å²) >= 11 is 4.11. The zero-order chi connectivity index (χ0) is 11.9. The van der Waals surface area contributed by atoms with Gasteiger partial charge in [0.1, 0.15) is 5.44 Å². The first-order chi connectivity index (χ1) is 6.99. The quantitative estimate of drug-likeness (QED) is 0.319. The second-order valence-electron chi connectivity index (χ2n) is 2.90. The van der Waals surface area contributed by atoms with Crippen molar-refractivity contribution in [1.82, 2.24) is 0 Å². The molecule has 0 aromatic rings. The van der Waals surface area contributed by atoms with Crippen molar-refractivity contribution in [2.75, 3.05) is 21.3 Å². The summed E-state index contributed by atoms with van der Waals surface area (Å²) in [5.74, 6) is -0.352.